The van der Waals surface area contributed by atoms with Gasteiger partial charge < -0.3 is 19.1 Å². The fraction of sp³-hybridized carbons (Fsp3) is 0.600. The Morgan fingerprint density at radius 2 is 1.86 bits per heavy atom. The molecule has 0 radical (unpaired) electrons. The molecule has 2 heterocycles. The molecule has 1 saturated heterocycles. The van der Waals surface area contributed by atoms with E-state index in [4.69, 9.17) is 9.07 Å². The van der Waals surface area contributed by atoms with Crippen LogP contribution in [0.2, 0.25) is 0 Å². The summed E-state index contributed by atoms with van der Waals surface area (Å²) in [5.41, 5.74) is 0.879. The van der Waals surface area contributed by atoms with Gasteiger partial charge in [0.25, 0.3) is 0 Å². The molecule has 2 aromatic rings. The molecule has 0 unspecified atom stereocenters. The van der Waals surface area contributed by atoms with Crippen LogP contribution in [0.15, 0.2) is 28.7 Å². The molecule has 1 aromatic carbocycles. The van der Waals surface area contributed by atoms with Crippen LogP contribution in [0.25, 0.3) is 0 Å². The van der Waals surface area contributed by atoms with Crippen molar-refractivity contribution in [3.63, 3.8) is 0 Å². The van der Waals surface area contributed by atoms with Crippen molar-refractivity contribution in [2.45, 2.75) is 58.4 Å². The zero-order valence-corrected chi connectivity index (χ0v) is 17.8. The molecule has 7 nitrogen and oxygen atoms in total. The third kappa shape index (κ3) is 4.74. The number of rotatable bonds is 8. The number of aromatic nitrogens is 2. The molecule has 0 atom stereocenters. The van der Waals surface area contributed by atoms with Crippen molar-refractivity contribution in [3.05, 3.63) is 35.7 Å². The predicted molar refractivity (Wildman–Crippen MR) is 111 cm³/mol. The minimum atomic E-state index is -0.895. The van der Waals surface area contributed by atoms with Gasteiger partial charge >= 0.3 is 13.5 Å². The molecule has 1 N–H and O–H groups in total. The van der Waals surface area contributed by atoms with E-state index in [-0.39, 0.29) is 0 Å². The van der Waals surface area contributed by atoms with E-state index >= 15 is 0 Å². The van der Waals surface area contributed by atoms with Crippen molar-refractivity contribution in [1.29, 1.82) is 0 Å². The second-order valence-corrected chi connectivity index (χ2v) is 8.74. The van der Waals surface area contributed by atoms with Crippen LogP contribution in [0, 0.1) is 6.92 Å². The Hall–Kier alpha value is -1.90. The van der Waals surface area contributed by atoms with Gasteiger partial charge in [-0.3, -0.25) is 4.90 Å². The average molecular weight is 386 g/mol. The van der Waals surface area contributed by atoms with Crippen molar-refractivity contribution >= 4 is 19.0 Å². The summed E-state index contributed by atoms with van der Waals surface area (Å²) < 4.78 is 11.4. The summed E-state index contributed by atoms with van der Waals surface area (Å²) in [7, 11) is 2.48. The third-order valence-electron chi connectivity index (χ3n) is 5.80. The lowest BCUT2D eigenvalue weighted by Gasteiger charge is -2.43. The molecule has 0 amide bonds. The van der Waals surface area contributed by atoms with E-state index in [0.717, 1.165) is 25.1 Å². The highest BCUT2D eigenvalue weighted by Gasteiger charge is 2.35. The number of anilines is 1. The van der Waals surface area contributed by atoms with Crippen LogP contribution in [0.3, 0.4) is 0 Å². The first kappa shape index (κ1) is 20.8. The molecule has 3 rings (SSSR count). The fourth-order valence-electron chi connectivity index (χ4n) is 2.94. The topological polar surface area (TPSA) is 74.9 Å². The quantitative estimate of drug-likeness (QED) is 0.685. The molecule has 1 aromatic heterocycles. The van der Waals surface area contributed by atoms with Gasteiger partial charge in [-0.25, -0.2) is 0 Å². The van der Waals surface area contributed by atoms with E-state index < -0.39 is 11.2 Å². The number of aliphatic hydroxyl groups is 1. The van der Waals surface area contributed by atoms with Crippen molar-refractivity contribution in [3.8, 4) is 0 Å². The van der Waals surface area contributed by atoms with Crippen LogP contribution in [-0.2, 0) is 11.2 Å². The van der Waals surface area contributed by atoms with Crippen LogP contribution < -0.4 is 10.4 Å². The minimum Gasteiger partial charge on any atom is -0.427 e. The number of nitrogens with zero attached hydrogens (tertiary/aromatic N) is 4. The van der Waals surface area contributed by atoms with Gasteiger partial charge in [-0.05, 0) is 33.3 Å². The van der Waals surface area contributed by atoms with Gasteiger partial charge in [0, 0.05) is 33.6 Å². The van der Waals surface area contributed by atoms with Gasteiger partial charge in [0.1, 0.15) is 0 Å². The average Bonchev–Trinajstić information content (AvgIpc) is 3.02. The largest absolute Gasteiger partial charge is 0.427 e. The summed E-state index contributed by atoms with van der Waals surface area (Å²) in [6, 6.07) is 9.47. The second-order valence-electron chi connectivity index (χ2n) is 8.74. The highest BCUT2D eigenvalue weighted by atomic mass is 16.5. The highest BCUT2D eigenvalue weighted by Crippen LogP contribution is 2.24. The maximum atomic E-state index is 10.2. The Morgan fingerprint density at radius 1 is 1.21 bits per heavy atom. The number of hydrogen-bond acceptors (Lipinski definition) is 7. The number of likely N-dealkylation sites (tertiary alicyclic amines) is 1. The molecular weight excluding hydrogens is 355 g/mol. The van der Waals surface area contributed by atoms with Gasteiger partial charge in [-0.15, -0.1) is 5.10 Å². The smallest absolute Gasteiger partial charge is 0.318 e. The molecule has 0 spiro atoms. The zero-order valence-electron chi connectivity index (χ0n) is 17.8. The molecule has 152 valence electrons. The van der Waals surface area contributed by atoms with Gasteiger partial charge in [-0.1, -0.05) is 34.8 Å². The summed E-state index contributed by atoms with van der Waals surface area (Å²) >= 11 is 0. The monoisotopic (exact) mass is 386 g/mol. The normalized spacial score (nSPS) is 16.1. The Morgan fingerprint density at radius 3 is 2.39 bits per heavy atom. The number of likely N-dealkylation sites (N-methyl/N-ethyl adjacent to an activating group) is 1. The van der Waals surface area contributed by atoms with E-state index in [1.54, 1.807) is 20.8 Å². The molecular formula is C20H31BN4O3. The predicted octanol–water partition coefficient (Wildman–Crippen LogP) is 1.24. The Kier molecular flexibility index (Phi) is 5.84. The van der Waals surface area contributed by atoms with E-state index in [2.05, 4.69) is 44.3 Å². The molecule has 28 heavy (non-hydrogen) atoms. The standard InChI is InChI=1S/C20H31BN4O3/c1-14-22-23-18(27-14)24(6)17-12-25(13-17)11-15-7-9-16(10-8-15)21-28-20(4,5)19(2,3)26/h7-10,17,21,26H,11-13H2,1-6H3. The first-order valence-electron chi connectivity index (χ1n) is 9.74. The fourth-order valence-corrected chi connectivity index (χ4v) is 2.94. The summed E-state index contributed by atoms with van der Waals surface area (Å²) in [5.74, 6) is 0.591. The van der Waals surface area contributed by atoms with Gasteiger partial charge in [-0.2, -0.15) is 0 Å². The lowest BCUT2D eigenvalue weighted by molar-refractivity contribution is -0.0893. The van der Waals surface area contributed by atoms with Crippen LogP contribution in [0.4, 0.5) is 6.01 Å². The SMILES string of the molecule is Cc1nnc(N(C)C2CN(Cc3ccc(BOC(C)(C)C(C)(C)O)cc3)C2)o1. The van der Waals surface area contributed by atoms with Crippen molar-refractivity contribution in [2.75, 3.05) is 25.0 Å². The van der Waals surface area contributed by atoms with Gasteiger partial charge in [0.05, 0.1) is 17.2 Å². The Balaban J connectivity index is 1.45. The van der Waals surface area contributed by atoms with Crippen LogP contribution in [-0.4, -0.2) is 65.1 Å². The minimum absolute atomic E-state index is 0.400. The molecule has 8 heteroatoms. The number of hydrogen-bond donors (Lipinski definition) is 1. The summed E-state index contributed by atoms with van der Waals surface area (Å²) in [6.45, 7) is 12.0. The maximum Gasteiger partial charge on any atom is 0.318 e. The molecule has 1 aliphatic heterocycles. The first-order valence-corrected chi connectivity index (χ1v) is 9.74. The van der Waals surface area contributed by atoms with Crippen molar-refractivity contribution in [2.24, 2.45) is 0 Å². The number of aryl methyl sites for hydroxylation is 1. The second kappa shape index (κ2) is 7.85. The van der Waals surface area contributed by atoms with Crippen LogP contribution in [0.1, 0.15) is 39.1 Å². The summed E-state index contributed by atoms with van der Waals surface area (Å²) in [4.78, 5) is 4.45. The molecule has 0 bridgehead atoms. The van der Waals surface area contributed by atoms with E-state index in [1.807, 2.05) is 20.9 Å². The molecule has 0 saturated carbocycles. The number of benzene rings is 1. The lowest BCUT2D eigenvalue weighted by atomic mass is 9.82. The van der Waals surface area contributed by atoms with Gasteiger partial charge in [0.2, 0.25) is 5.89 Å². The Labute approximate surface area is 168 Å². The highest BCUT2D eigenvalue weighted by molar-refractivity contribution is 6.47. The summed E-state index contributed by atoms with van der Waals surface area (Å²) in [6.07, 6.45) is 0. The third-order valence-corrected chi connectivity index (χ3v) is 5.80. The zero-order chi connectivity index (χ0) is 20.5. The maximum absolute atomic E-state index is 10.2. The van der Waals surface area contributed by atoms with Crippen molar-refractivity contribution < 1.29 is 14.2 Å². The van der Waals surface area contributed by atoms with Gasteiger partial charge in [0.15, 0.2) is 0 Å². The molecule has 0 aliphatic carbocycles. The first-order chi connectivity index (χ1) is 13.0. The Bertz CT molecular complexity index is 779. The van der Waals surface area contributed by atoms with E-state index in [9.17, 15) is 5.11 Å². The van der Waals surface area contributed by atoms with E-state index in [0.29, 0.717) is 25.4 Å². The van der Waals surface area contributed by atoms with Crippen LogP contribution in [0.5, 0.6) is 0 Å². The summed E-state index contributed by atoms with van der Waals surface area (Å²) in [5, 5.41) is 18.2. The lowest BCUT2D eigenvalue weighted by Crippen LogP contribution is -2.58. The van der Waals surface area contributed by atoms with Crippen LogP contribution >= 0.6 is 0 Å². The molecule has 1 fully saturated rings. The molecule has 1 aliphatic rings. The van der Waals surface area contributed by atoms with E-state index in [1.165, 1.54) is 5.56 Å². The van der Waals surface area contributed by atoms with Crippen molar-refractivity contribution in [1.82, 2.24) is 15.1 Å².